The normalized spacial score (nSPS) is 10.8. The number of hydrogen-bond donors (Lipinski definition) is 0. The molecule has 18 heavy (non-hydrogen) atoms. The lowest BCUT2D eigenvalue weighted by atomic mass is 10.0. The summed E-state index contributed by atoms with van der Waals surface area (Å²) in [6, 6.07) is 8.85. The third-order valence-electron chi connectivity index (χ3n) is 2.79. The molecule has 0 fully saturated rings. The molecule has 2 aromatic rings. The molecule has 0 unspecified atom stereocenters. The van der Waals surface area contributed by atoms with E-state index in [1.165, 1.54) is 38.3 Å². The van der Waals surface area contributed by atoms with Crippen LogP contribution in [0.3, 0.4) is 0 Å². The Bertz CT molecular complexity index is 566. The maximum atomic E-state index is 3.58. The SMILES string of the molecule is Cc1cc(-c2cc(C)c(Br)cc2I)c(I)cc1Br. The summed E-state index contributed by atoms with van der Waals surface area (Å²) in [7, 11) is 0. The van der Waals surface area contributed by atoms with E-state index in [-0.39, 0.29) is 0 Å². The fourth-order valence-corrected chi connectivity index (χ4v) is 4.79. The Morgan fingerprint density at radius 2 is 1.06 bits per heavy atom. The summed E-state index contributed by atoms with van der Waals surface area (Å²) >= 11 is 12.0. The lowest BCUT2D eigenvalue weighted by Crippen LogP contribution is -1.91. The highest BCUT2D eigenvalue weighted by Gasteiger charge is 2.11. The average Bonchev–Trinajstić information content (AvgIpc) is 2.29. The van der Waals surface area contributed by atoms with Gasteiger partial charge in [0.2, 0.25) is 0 Å². The van der Waals surface area contributed by atoms with Crippen molar-refractivity contribution in [3.05, 3.63) is 51.5 Å². The van der Waals surface area contributed by atoms with E-state index in [1.54, 1.807) is 0 Å². The zero-order valence-electron chi connectivity index (χ0n) is 9.82. The third kappa shape index (κ3) is 3.12. The van der Waals surface area contributed by atoms with Gasteiger partial charge in [0.25, 0.3) is 0 Å². The van der Waals surface area contributed by atoms with Crippen molar-refractivity contribution < 1.29 is 0 Å². The van der Waals surface area contributed by atoms with E-state index in [9.17, 15) is 0 Å². The standard InChI is InChI=1S/C14H10Br2I2/c1-7-3-9(13(17)5-11(7)15)10-4-8(2)12(16)6-14(10)18/h3-6H,1-2H3. The van der Waals surface area contributed by atoms with Crippen LogP contribution in [0.1, 0.15) is 11.1 Å². The van der Waals surface area contributed by atoms with Gasteiger partial charge in [0.1, 0.15) is 0 Å². The van der Waals surface area contributed by atoms with Crippen LogP contribution in [-0.4, -0.2) is 0 Å². The predicted molar refractivity (Wildman–Crippen MR) is 102 cm³/mol. The molecular formula is C14H10Br2I2. The number of halogens is 4. The molecule has 0 N–H and O–H groups in total. The van der Waals surface area contributed by atoms with Crippen molar-refractivity contribution in [1.82, 2.24) is 0 Å². The molecule has 0 nitrogen and oxygen atoms in total. The highest BCUT2D eigenvalue weighted by molar-refractivity contribution is 14.1. The first kappa shape index (κ1) is 15.3. The van der Waals surface area contributed by atoms with Crippen LogP contribution in [0.4, 0.5) is 0 Å². The molecule has 0 aliphatic rings. The molecule has 0 amide bonds. The van der Waals surface area contributed by atoms with Gasteiger partial charge in [-0.05, 0) is 106 Å². The Morgan fingerprint density at radius 1 is 0.722 bits per heavy atom. The molecular weight excluding hydrogens is 582 g/mol. The molecule has 94 valence electrons. The Morgan fingerprint density at radius 3 is 1.39 bits per heavy atom. The second-order valence-electron chi connectivity index (χ2n) is 4.16. The molecule has 0 radical (unpaired) electrons. The summed E-state index contributed by atoms with van der Waals surface area (Å²) in [5.74, 6) is 0. The quantitative estimate of drug-likeness (QED) is 0.324. The van der Waals surface area contributed by atoms with E-state index < -0.39 is 0 Å². The van der Waals surface area contributed by atoms with Crippen molar-refractivity contribution in [2.24, 2.45) is 0 Å². The van der Waals surface area contributed by atoms with E-state index >= 15 is 0 Å². The van der Waals surface area contributed by atoms with Crippen molar-refractivity contribution in [1.29, 1.82) is 0 Å². The summed E-state index contributed by atoms with van der Waals surface area (Å²) in [4.78, 5) is 0. The van der Waals surface area contributed by atoms with E-state index in [0.717, 1.165) is 0 Å². The summed E-state index contributed by atoms with van der Waals surface area (Å²) in [5.41, 5.74) is 5.14. The lowest BCUT2D eigenvalue weighted by molar-refractivity contribution is 1.38. The first-order valence-corrected chi connectivity index (χ1v) is 9.06. The molecule has 0 aromatic heterocycles. The van der Waals surface area contributed by atoms with Gasteiger partial charge in [0, 0.05) is 16.1 Å². The molecule has 0 spiro atoms. The topological polar surface area (TPSA) is 0 Å². The molecule has 2 aromatic carbocycles. The van der Waals surface area contributed by atoms with E-state index in [1.807, 2.05) is 0 Å². The largest absolute Gasteiger partial charge is 0.0505 e. The van der Waals surface area contributed by atoms with Crippen molar-refractivity contribution in [2.75, 3.05) is 0 Å². The fourth-order valence-electron chi connectivity index (χ4n) is 1.73. The Labute approximate surface area is 151 Å². The van der Waals surface area contributed by atoms with Crippen molar-refractivity contribution >= 4 is 77.0 Å². The molecule has 0 saturated carbocycles. The van der Waals surface area contributed by atoms with Crippen molar-refractivity contribution in [2.45, 2.75) is 13.8 Å². The van der Waals surface area contributed by atoms with E-state index in [4.69, 9.17) is 0 Å². The van der Waals surface area contributed by atoms with Gasteiger partial charge in [-0.1, -0.05) is 31.9 Å². The smallest absolute Gasteiger partial charge is 0.0220 e. The second kappa shape index (κ2) is 6.10. The molecule has 4 heteroatoms. The van der Waals surface area contributed by atoms with Gasteiger partial charge in [-0.3, -0.25) is 0 Å². The third-order valence-corrected chi connectivity index (χ3v) is 6.28. The predicted octanol–water partition coefficient (Wildman–Crippen LogP) is 6.70. The number of aryl methyl sites for hydroxylation is 2. The second-order valence-corrected chi connectivity index (χ2v) is 8.20. The average molecular weight is 592 g/mol. The van der Waals surface area contributed by atoms with Gasteiger partial charge in [0.15, 0.2) is 0 Å². The Balaban J connectivity index is 2.69. The molecule has 2 rings (SSSR count). The van der Waals surface area contributed by atoms with Crippen LogP contribution in [0.2, 0.25) is 0 Å². The minimum atomic E-state index is 1.17. The van der Waals surface area contributed by atoms with Crippen LogP contribution in [0.15, 0.2) is 33.2 Å². The molecule has 0 aliphatic heterocycles. The first-order valence-electron chi connectivity index (χ1n) is 5.32. The lowest BCUT2D eigenvalue weighted by Gasteiger charge is -2.12. The molecule has 0 bridgehead atoms. The van der Waals surface area contributed by atoms with Gasteiger partial charge in [-0.15, -0.1) is 0 Å². The monoisotopic (exact) mass is 590 g/mol. The molecule has 0 atom stereocenters. The zero-order valence-corrected chi connectivity index (χ0v) is 17.3. The maximum absolute atomic E-state index is 3.58. The summed E-state index contributed by atoms with van der Waals surface area (Å²) < 4.78 is 4.87. The summed E-state index contributed by atoms with van der Waals surface area (Å²) in [5, 5.41) is 0. The van der Waals surface area contributed by atoms with Crippen LogP contribution in [0.5, 0.6) is 0 Å². The zero-order chi connectivity index (χ0) is 13.4. The number of hydrogen-bond acceptors (Lipinski definition) is 0. The Kier molecular flexibility index (Phi) is 5.17. The number of rotatable bonds is 1. The highest BCUT2D eigenvalue weighted by Crippen LogP contribution is 2.35. The van der Waals surface area contributed by atoms with Crippen LogP contribution in [-0.2, 0) is 0 Å². The van der Waals surface area contributed by atoms with Crippen molar-refractivity contribution in [3.8, 4) is 11.1 Å². The number of benzene rings is 2. The van der Waals surface area contributed by atoms with Crippen LogP contribution >= 0.6 is 77.0 Å². The first-order chi connectivity index (χ1) is 8.40. The van der Waals surface area contributed by atoms with Gasteiger partial charge < -0.3 is 0 Å². The molecule has 0 aliphatic carbocycles. The van der Waals surface area contributed by atoms with Crippen LogP contribution in [0, 0.1) is 21.0 Å². The van der Waals surface area contributed by atoms with Gasteiger partial charge in [0.05, 0.1) is 0 Å². The van der Waals surface area contributed by atoms with Crippen molar-refractivity contribution in [3.63, 3.8) is 0 Å². The minimum Gasteiger partial charge on any atom is -0.0505 e. The minimum absolute atomic E-state index is 1.17. The van der Waals surface area contributed by atoms with Crippen LogP contribution in [0.25, 0.3) is 11.1 Å². The highest BCUT2D eigenvalue weighted by atomic mass is 127. The van der Waals surface area contributed by atoms with Crippen LogP contribution < -0.4 is 0 Å². The van der Waals surface area contributed by atoms with Gasteiger partial charge in [-0.2, -0.15) is 0 Å². The van der Waals surface area contributed by atoms with E-state index in [0.29, 0.717) is 0 Å². The Hall–Kier alpha value is 0.860. The summed E-state index contributed by atoms with van der Waals surface area (Å²) in [6.45, 7) is 4.25. The van der Waals surface area contributed by atoms with Gasteiger partial charge >= 0.3 is 0 Å². The summed E-state index contributed by atoms with van der Waals surface area (Å²) in [6.07, 6.45) is 0. The molecule has 0 heterocycles. The van der Waals surface area contributed by atoms with Gasteiger partial charge in [-0.25, -0.2) is 0 Å². The molecule has 0 saturated heterocycles. The maximum Gasteiger partial charge on any atom is 0.0220 e. The van der Waals surface area contributed by atoms with E-state index in [2.05, 4.69) is 115 Å². The fraction of sp³-hybridized carbons (Fsp3) is 0.143.